The lowest BCUT2D eigenvalue weighted by Gasteiger charge is -2.55. The maximum atomic E-state index is 5.89. The standard InChI is InChI=1S/C19H29N3O2.HI/c1-19(2)16(14-10-11-24-17(14)19)21-18(20-3)22(4)12-13-8-6-7-9-15(13)23-5;/h6-9,14,16-17H,10-12H2,1-5H3,(H,20,21);1H. The maximum absolute atomic E-state index is 5.89. The van der Waals surface area contributed by atoms with Gasteiger partial charge in [0.15, 0.2) is 5.96 Å². The van der Waals surface area contributed by atoms with E-state index in [9.17, 15) is 0 Å². The number of methoxy groups -OCH3 is 1. The van der Waals surface area contributed by atoms with E-state index >= 15 is 0 Å². The van der Waals surface area contributed by atoms with Crippen LogP contribution in [0.1, 0.15) is 25.8 Å². The SMILES string of the molecule is CN=C(NC1C2CCOC2C1(C)C)N(C)Cc1ccccc1OC.I. The van der Waals surface area contributed by atoms with Crippen molar-refractivity contribution < 1.29 is 9.47 Å². The Morgan fingerprint density at radius 3 is 2.80 bits per heavy atom. The molecular weight excluding hydrogens is 429 g/mol. The van der Waals surface area contributed by atoms with Gasteiger partial charge in [0.05, 0.1) is 13.2 Å². The molecule has 1 aromatic carbocycles. The molecule has 25 heavy (non-hydrogen) atoms. The summed E-state index contributed by atoms with van der Waals surface area (Å²) in [7, 11) is 5.62. The van der Waals surface area contributed by atoms with Crippen molar-refractivity contribution in [3.8, 4) is 5.75 Å². The van der Waals surface area contributed by atoms with Crippen LogP contribution in [-0.4, -0.2) is 50.8 Å². The van der Waals surface area contributed by atoms with E-state index in [1.54, 1.807) is 7.11 Å². The fourth-order valence-corrected chi connectivity index (χ4v) is 4.27. The molecular formula is C19H30IN3O2. The first kappa shape index (κ1) is 20.3. The summed E-state index contributed by atoms with van der Waals surface area (Å²) in [6.45, 7) is 6.20. The Hall–Kier alpha value is -1.02. The predicted molar refractivity (Wildman–Crippen MR) is 112 cm³/mol. The molecule has 2 fully saturated rings. The molecule has 0 radical (unpaired) electrons. The third-order valence-electron chi connectivity index (χ3n) is 5.56. The van der Waals surface area contributed by atoms with E-state index in [2.05, 4.69) is 42.2 Å². The zero-order valence-electron chi connectivity index (χ0n) is 15.8. The van der Waals surface area contributed by atoms with Crippen LogP contribution in [0.15, 0.2) is 29.3 Å². The number of benzene rings is 1. The normalized spacial score (nSPS) is 26.9. The Morgan fingerprint density at radius 1 is 1.40 bits per heavy atom. The summed E-state index contributed by atoms with van der Waals surface area (Å²) in [5, 5.41) is 3.68. The van der Waals surface area contributed by atoms with Gasteiger partial charge in [-0.05, 0) is 12.5 Å². The van der Waals surface area contributed by atoms with E-state index in [-0.39, 0.29) is 29.4 Å². The van der Waals surface area contributed by atoms with Crippen LogP contribution in [0.3, 0.4) is 0 Å². The summed E-state index contributed by atoms with van der Waals surface area (Å²) < 4.78 is 11.3. The number of fused-ring (bicyclic) bond motifs is 1. The van der Waals surface area contributed by atoms with Crippen molar-refractivity contribution in [2.45, 2.75) is 39.0 Å². The van der Waals surface area contributed by atoms with E-state index < -0.39 is 0 Å². The van der Waals surface area contributed by atoms with Gasteiger partial charge in [-0.1, -0.05) is 32.0 Å². The first-order valence-corrected chi connectivity index (χ1v) is 8.67. The van der Waals surface area contributed by atoms with Gasteiger partial charge in [0, 0.05) is 50.2 Å². The minimum Gasteiger partial charge on any atom is -0.496 e. The fraction of sp³-hybridized carbons (Fsp3) is 0.632. The zero-order chi connectivity index (χ0) is 17.3. The minimum absolute atomic E-state index is 0. The highest BCUT2D eigenvalue weighted by Gasteiger charge is 2.59. The average Bonchev–Trinajstić information content (AvgIpc) is 3.03. The largest absolute Gasteiger partial charge is 0.496 e. The quantitative estimate of drug-likeness (QED) is 0.427. The number of rotatable bonds is 4. The molecule has 2 aliphatic rings. The topological polar surface area (TPSA) is 46.1 Å². The van der Waals surface area contributed by atoms with Gasteiger partial charge in [0.1, 0.15) is 5.75 Å². The Balaban J connectivity index is 0.00000225. The Kier molecular flexibility index (Phi) is 6.59. The fourth-order valence-electron chi connectivity index (χ4n) is 4.27. The first-order chi connectivity index (χ1) is 11.5. The number of hydrogen-bond acceptors (Lipinski definition) is 3. The number of halogens is 1. The molecule has 5 nitrogen and oxygen atoms in total. The second-order valence-corrected chi connectivity index (χ2v) is 7.40. The molecule has 0 bridgehead atoms. The van der Waals surface area contributed by atoms with E-state index in [1.165, 1.54) is 0 Å². The van der Waals surface area contributed by atoms with Gasteiger partial charge in [0.2, 0.25) is 0 Å². The first-order valence-electron chi connectivity index (χ1n) is 8.67. The molecule has 1 heterocycles. The van der Waals surface area contributed by atoms with Gasteiger partial charge in [-0.2, -0.15) is 0 Å². The maximum Gasteiger partial charge on any atom is 0.193 e. The van der Waals surface area contributed by atoms with E-state index in [4.69, 9.17) is 9.47 Å². The summed E-state index contributed by atoms with van der Waals surface area (Å²) >= 11 is 0. The minimum atomic E-state index is 0. The van der Waals surface area contributed by atoms with Crippen LogP contribution in [0.2, 0.25) is 0 Å². The molecule has 1 aromatic rings. The highest BCUT2D eigenvalue weighted by Crippen LogP contribution is 2.52. The summed E-state index contributed by atoms with van der Waals surface area (Å²) in [4.78, 5) is 6.64. The summed E-state index contributed by atoms with van der Waals surface area (Å²) in [5.41, 5.74) is 1.29. The lowest BCUT2D eigenvalue weighted by molar-refractivity contribution is -0.107. The molecule has 0 aromatic heterocycles. The highest BCUT2D eigenvalue weighted by atomic mass is 127. The zero-order valence-corrected chi connectivity index (χ0v) is 18.1. The van der Waals surface area contributed by atoms with Gasteiger partial charge in [0.25, 0.3) is 0 Å². The van der Waals surface area contributed by atoms with E-state index in [0.29, 0.717) is 18.1 Å². The third kappa shape index (κ3) is 3.74. The number of aliphatic imine (C=N–C) groups is 1. The van der Waals surface area contributed by atoms with Crippen LogP contribution in [0.25, 0.3) is 0 Å². The lowest BCUT2D eigenvalue weighted by atomic mass is 9.57. The van der Waals surface area contributed by atoms with Crippen LogP contribution in [0.4, 0.5) is 0 Å². The molecule has 1 aliphatic carbocycles. The summed E-state index contributed by atoms with van der Waals surface area (Å²) in [6, 6.07) is 8.53. The predicted octanol–water partition coefficient (Wildman–Crippen LogP) is 3.13. The average molecular weight is 459 g/mol. The van der Waals surface area contributed by atoms with Crippen molar-refractivity contribution in [2.75, 3.05) is 27.8 Å². The molecule has 3 unspecified atom stereocenters. The van der Waals surface area contributed by atoms with Crippen molar-refractivity contribution in [3.63, 3.8) is 0 Å². The Bertz CT molecular complexity index is 620. The monoisotopic (exact) mass is 459 g/mol. The van der Waals surface area contributed by atoms with Crippen LogP contribution in [-0.2, 0) is 11.3 Å². The van der Waals surface area contributed by atoms with Crippen LogP contribution in [0.5, 0.6) is 5.75 Å². The van der Waals surface area contributed by atoms with Gasteiger partial charge in [-0.3, -0.25) is 4.99 Å². The van der Waals surface area contributed by atoms with E-state index in [0.717, 1.165) is 36.8 Å². The second kappa shape index (κ2) is 8.12. The number of nitrogens with one attached hydrogen (secondary N) is 1. The summed E-state index contributed by atoms with van der Waals surface area (Å²) in [6.07, 6.45) is 1.52. The molecule has 3 atom stereocenters. The van der Waals surface area contributed by atoms with Gasteiger partial charge in [-0.15, -0.1) is 24.0 Å². The van der Waals surface area contributed by atoms with Crippen LogP contribution in [0, 0.1) is 11.3 Å². The molecule has 6 heteroatoms. The lowest BCUT2D eigenvalue weighted by Crippen LogP contribution is -2.67. The van der Waals surface area contributed by atoms with Gasteiger partial charge < -0.3 is 19.7 Å². The Labute approximate surface area is 168 Å². The van der Waals surface area contributed by atoms with Crippen molar-refractivity contribution in [1.82, 2.24) is 10.2 Å². The Morgan fingerprint density at radius 2 is 2.12 bits per heavy atom. The molecule has 3 rings (SSSR count). The number of ether oxygens (including phenoxy) is 2. The van der Waals surface area contributed by atoms with Gasteiger partial charge in [-0.25, -0.2) is 0 Å². The third-order valence-corrected chi connectivity index (χ3v) is 5.56. The highest BCUT2D eigenvalue weighted by molar-refractivity contribution is 14.0. The van der Waals surface area contributed by atoms with Crippen molar-refractivity contribution >= 4 is 29.9 Å². The number of hydrogen-bond donors (Lipinski definition) is 1. The van der Waals surface area contributed by atoms with Crippen LogP contribution >= 0.6 is 24.0 Å². The molecule has 0 spiro atoms. The molecule has 1 aliphatic heterocycles. The molecule has 1 N–H and O–H groups in total. The number of para-hydroxylation sites is 1. The molecule has 0 amide bonds. The van der Waals surface area contributed by atoms with Gasteiger partial charge >= 0.3 is 0 Å². The van der Waals surface area contributed by atoms with Crippen molar-refractivity contribution in [1.29, 1.82) is 0 Å². The van der Waals surface area contributed by atoms with Crippen molar-refractivity contribution in [3.05, 3.63) is 29.8 Å². The molecule has 140 valence electrons. The smallest absolute Gasteiger partial charge is 0.193 e. The molecule has 1 saturated heterocycles. The number of nitrogens with zero attached hydrogens (tertiary/aromatic N) is 2. The van der Waals surface area contributed by atoms with Crippen LogP contribution < -0.4 is 10.1 Å². The summed E-state index contributed by atoms with van der Waals surface area (Å²) in [5.74, 6) is 2.42. The molecule has 1 saturated carbocycles. The second-order valence-electron chi connectivity index (χ2n) is 7.40. The van der Waals surface area contributed by atoms with E-state index in [1.807, 2.05) is 25.2 Å². The van der Waals surface area contributed by atoms with Crippen molar-refractivity contribution in [2.24, 2.45) is 16.3 Å². The number of guanidine groups is 1.